The van der Waals surface area contributed by atoms with Gasteiger partial charge in [-0.2, -0.15) is 0 Å². The van der Waals surface area contributed by atoms with Gasteiger partial charge in [0.05, 0.1) is 7.11 Å². The SMILES string of the molecule is COc1cccc2oc(-c3ccc(CCl)cc3)nc12. The fourth-order valence-corrected chi connectivity index (χ4v) is 2.13. The van der Waals surface area contributed by atoms with E-state index in [4.69, 9.17) is 20.8 Å². The molecular formula is C15H12ClNO2. The molecule has 3 nitrogen and oxygen atoms in total. The molecule has 2 aromatic carbocycles. The highest BCUT2D eigenvalue weighted by molar-refractivity contribution is 6.17. The van der Waals surface area contributed by atoms with Crippen molar-refractivity contribution in [3.8, 4) is 17.2 Å². The normalized spacial score (nSPS) is 10.8. The molecule has 19 heavy (non-hydrogen) atoms. The number of hydrogen-bond acceptors (Lipinski definition) is 3. The Morgan fingerprint density at radius 1 is 1.16 bits per heavy atom. The van der Waals surface area contributed by atoms with E-state index in [-0.39, 0.29) is 0 Å². The first-order chi connectivity index (χ1) is 9.31. The van der Waals surface area contributed by atoms with Crippen LogP contribution in [0, 0.1) is 0 Å². The highest BCUT2D eigenvalue weighted by Crippen LogP contribution is 2.29. The topological polar surface area (TPSA) is 35.3 Å². The lowest BCUT2D eigenvalue weighted by atomic mass is 10.1. The van der Waals surface area contributed by atoms with Gasteiger partial charge in [0.1, 0.15) is 5.75 Å². The van der Waals surface area contributed by atoms with Gasteiger partial charge in [0.15, 0.2) is 11.1 Å². The number of oxazole rings is 1. The molecule has 1 aromatic heterocycles. The minimum absolute atomic E-state index is 0.502. The van der Waals surface area contributed by atoms with Crippen molar-refractivity contribution < 1.29 is 9.15 Å². The maximum Gasteiger partial charge on any atom is 0.227 e. The lowest BCUT2D eigenvalue weighted by Gasteiger charge is -1.97. The molecule has 0 aliphatic heterocycles. The molecule has 3 rings (SSSR count). The van der Waals surface area contributed by atoms with Crippen LogP contribution < -0.4 is 4.74 Å². The van der Waals surface area contributed by atoms with Crippen LogP contribution in [-0.4, -0.2) is 12.1 Å². The lowest BCUT2D eigenvalue weighted by molar-refractivity contribution is 0.419. The van der Waals surface area contributed by atoms with Crippen molar-refractivity contribution >= 4 is 22.7 Å². The van der Waals surface area contributed by atoms with Gasteiger partial charge in [-0.1, -0.05) is 18.2 Å². The average molecular weight is 274 g/mol. The molecule has 1 heterocycles. The second kappa shape index (κ2) is 4.94. The molecule has 0 saturated heterocycles. The van der Waals surface area contributed by atoms with Gasteiger partial charge in [0, 0.05) is 11.4 Å². The minimum Gasteiger partial charge on any atom is -0.494 e. The Labute approximate surface area is 115 Å². The Morgan fingerprint density at radius 2 is 1.95 bits per heavy atom. The molecule has 0 bridgehead atoms. The second-order valence-electron chi connectivity index (χ2n) is 4.16. The Hall–Kier alpha value is -2.00. The first-order valence-corrected chi connectivity index (χ1v) is 6.44. The molecule has 0 saturated carbocycles. The molecule has 0 atom stereocenters. The molecule has 0 N–H and O–H groups in total. The van der Waals surface area contributed by atoms with Gasteiger partial charge < -0.3 is 9.15 Å². The molecule has 4 heteroatoms. The van der Waals surface area contributed by atoms with Gasteiger partial charge in [0.25, 0.3) is 0 Å². The summed E-state index contributed by atoms with van der Waals surface area (Å²) in [5, 5.41) is 0. The molecule has 3 aromatic rings. The molecule has 0 spiro atoms. The summed E-state index contributed by atoms with van der Waals surface area (Å²) in [6.07, 6.45) is 0. The smallest absolute Gasteiger partial charge is 0.227 e. The van der Waals surface area contributed by atoms with Crippen molar-refractivity contribution in [2.45, 2.75) is 5.88 Å². The highest BCUT2D eigenvalue weighted by Gasteiger charge is 2.11. The molecule has 0 aliphatic rings. The van der Waals surface area contributed by atoms with Crippen LogP contribution in [0.15, 0.2) is 46.9 Å². The predicted octanol–water partition coefficient (Wildman–Crippen LogP) is 4.24. The Balaban J connectivity index is 2.09. The quantitative estimate of drug-likeness (QED) is 0.670. The van der Waals surface area contributed by atoms with E-state index in [9.17, 15) is 0 Å². The number of halogens is 1. The molecular weight excluding hydrogens is 262 g/mol. The number of benzene rings is 2. The number of fused-ring (bicyclic) bond motifs is 1. The van der Waals surface area contributed by atoms with Crippen molar-refractivity contribution in [2.24, 2.45) is 0 Å². The number of ether oxygens (including phenoxy) is 1. The number of alkyl halides is 1. The fraction of sp³-hybridized carbons (Fsp3) is 0.133. The Morgan fingerprint density at radius 3 is 2.63 bits per heavy atom. The Bertz CT molecular complexity index is 704. The van der Waals surface area contributed by atoms with Crippen molar-refractivity contribution in [3.05, 3.63) is 48.0 Å². The number of para-hydroxylation sites is 1. The summed E-state index contributed by atoms with van der Waals surface area (Å²) in [6, 6.07) is 13.5. The van der Waals surface area contributed by atoms with Crippen LogP contribution in [0.5, 0.6) is 5.75 Å². The minimum atomic E-state index is 0.502. The number of aromatic nitrogens is 1. The van der Waals surface area contributed by atoms with E-state index < -0.39 is 0 Å². The third-order valence-corrected chi connectivity index (χ3v) is 3.27. The third-order valence-electron chi connectivity index (χ3n) is 2.96. The molecule has 0 radical (unpaired) electrons. The summed E-state index contributed by atoms with van der Waals surface area (Å²) in [6.45, 7) is 0. The van der Waals surface area contributed by atoms with Crippen molar-refractivity contribution in [2.75, 3.05) is 7.11 Å². The van der Waals surface area contributed by atoms with Gasteiger partial charge in [0.2, 0.25) is 5.89 Å². The van der Waals surface area contributed by atoms with Crippen LogP contribution in [0.1, 0.15) is 5.56 Å². The summed E-state index contributed by atoms with van der Waals surface area (Å²) in [4.78, 5) is 4.48. The van der Waals surface area contributed by atoms with Gasteiger partial charge >= 0.3 is 0 Å². The van der Waals surface area contributed by atoms with Gasteiger partial charge in [-0.3, -0.25) is 0 Å². The number of methoxy groups -OCH3 is 1. The second-order valence-corrected chi connectivity index (χ2v) is 4.42. The molecule has 0 fully saturated rings. The van der Waals surface area contributed by atoms with E-state index >= 15 is 0 Å². The third kappa shape index (κ3) is 2.17. The zero-order valence-corrected chi connectivity index (χ0v) is 11.1. The fourth-order valence-electron chi connectivity index (χ4n) is 1.95. The van der Waals surface area contributed by atoms with Crippen LogP contribution in [0.2, 0.25) is 0 Å². The first-order valence-electron chi connectivity index (χ1n) is 5.90. The van der Waals surface area contributed by atoms with Crippen molar-refractivity contribution in [1.29, 1.82) is 0 Å². The van der Waals surface area contributed by atoms with Crippen molar-refractivity contribution in [1.82, 2.24) is 4.98 Å². The summed E-state index contributed by atoms with van der Waals surface area (Å²) in [5.74, 6) is 1.80. The van der Waals surface area contributed by atoms with Crippen LogP contribution in [-0.2, 0) is 5.88 Å². The zero-order chi connectivity index (χ0) is 13.2. The van der Waals surface area contributed by atoms with Crippen molar-refractivity contribution in [3.63, 3.8) is 0 Å². The number of hydrogen-bond donors (Lipinski definition) is 0. The highest BCUT2D eigenvalue weighted by atomic mass is 35.5. The van der Waals surface area contributed by atoms with E-state index in [1.165, 1.54) is 0 Å². The maximum absolute atomic E-state index is 5.77. The molecule has 0 unspecified atom stereocenters. The maximum atomic E-state index is 5.77. The van der Waals surface area contributed by atoms with Gasteiger partial charge in [-0.05, 0) is 29.8 Å². The predicted molar refractivity (Wildman–Crippen MR) is 75.6 cm³/mol. The van der Waals surface area contributed by atoms with E-state index in [1.807, 2.05) is 42.5 Å². The van der Waals surface area contributed by atoms with Crippen LogP contribution in [0.25, 0.3) is 22.6 Å². The zero-order valence-electron chi connectivity index (χ0n) is 10.4. The Kier molecular flexibility index (Phi) is 3.13. The van der Waals surface area contributed by atoms with E-state index in [1.54, 1.807) is 7.11 Å². The largest absolute Gasteiger partial charge is 0.494 e. The molecule has 96 valence electrons. The molecule has 0 aliphatic carbocycles. The number of nitrogens with zero attached hydrogens (tertiary/aromatic N) is 1. The van der Waals surface area contributed by atoms with Crippen LogP contribution in [0.3, 0.4) is 0 Å². The van der Waals surface area contributed by atoms with E-state index in [0.717, 1.165) is 22.2 Å². The summed E-state index contributed by atoms with van der Waals surface area (Å²) >= 11 is 5.77. The van der Waals surface area contributed by atoms with Gasteiger partial charge in [-0.15, -0.1) is 11.6 Å². The average Bonchev–Trinajstić information content (AvgIpc) is 2.91. The summed E-state index contributed by atoms with van der Waals surface area (Å²) in [7, 11) is 1.62. The monoisotopic (exact) mass is 273 g/mol. The van der Waals surface area contributed by atoms with Gasteiger partial charge in [-0.25, -0.2) is 4.98 Å². The van der Waals surface area contributed by atoms with Crippen LogP contribution >= 0.6 is 11.6 Å². The summed E-state index contributed by atoms with van der Waals surface area (Å²) < 4.78 is 11.0. The number of rotatable bonds is 3. The molecule has 0 amide bonds. The summed E-state index contributed by atoms with van der Waals surface area (Å²) in [5.41, 5.74) is 3.45. The van der Waals surface area contributed by atoms with E-state index in [2.05, 4.69) is 4.98 Å². The lowest BCUT2D eigenvalue weighted by Crippen LogP contribution is -1.83. The van der Waals surface area contributed by atoms with Crippen LogP contribution in [0.4, 0.5) is 0 Å². The standard InChI is InChI=1S/C15H12ClNO2/c1-18-12-3-2-4-13-14(12)17-15(19-13)11-7-5-10(9-16)6-8-11/h2-8H,9H2,1H3. The van der Waals surface area contributed by atoms with E-state index in [0.29, 0.717) is 17.5 Å². The first kappa shape index (κ1) is 12.1.